The van der Waals surface area contributed by atoms with E-state index in [0.717, 1.165) is 17.2 Å². The summed E-state index contributed by atoms with van der Waals surface area (Å²) >= 11 is 0. The van der Waals surface area contributed by atoms with E-state index in [1.165, 1.54) is 6.07 Å². The third-order valence-corrected chi connectivity index (χ3v) is 4.04. The van der Waals surface area contributed by atoms with Crippen LogP contribution in [0, 0.1) is 5.82 Å². The molecule has 3 rings (SSSR count). The summed E-state index contributed by atoms with van der Waals surface area (Å²) in [6, 6.07) is 23.7. The summed E-state index contributed by atoms with van der Waals surface area (Å²) in [5, 5.41) is 12.6. The second-order valence-corrected chi connectivity index (χ2v) is 5.76. The van der Waals surface area contributed by atoms with Crippen molar-refractivity contribution in [2.45, 2.75) is 12.5 Å². The first-order valence-corrected chi connectivity index (χ1v) is 8.02. The molecule has 0 saturated carbocycles. The topological polar surface area (TPSA) is 49.3 Å². The minimum atomic E-state index is -1.29. The lowest BCUT2D eigenvalue weighted by atomic mass is 9.98. The van der Waals surface area contributed by atoms with Crippen molar-refractivity contribution in [2.24, 2.45) is 0 Å². The lowest BCUT2D eigenvalue weighted by Gasteiger charge is -2.22. The zero-order valence-electron chi connectivity index (χ0n) is 13.5. The largest absolute Gasteiger partial charge is 0.478 e. The molecule has 2 N–H and O–H groups in total. The van der Waals surface area contributed by atoms with Crippen LogP contribution in [0.2, 0.25) is 0 Å². The normalized spacial score (nSPS) is 11.7. The second kappa shape index (κ2) is 7.62. The van der Waals surface area contributed by atoms with E-state index in [9.17, 15) is 14.3 Å². The number of carboxylic acid groups (broad SMARTS) is 1. The van der Waals surface area contributed by atoms with E-state index >= 15 is 0 Å². The van der Waals surface area contributed by atoms with Crippen molar-refractivity contribution >= 4 is 11.7 Å². The van der Waals surface area contributed by atoms with E-state index < -0.39 is 11.8 Å². The van der Waals surface area contributed by atoms with Gasteiger partial charge in [-0.05, 0) is 29.7 Å². The van der Waals surface area contributed by atoms with E-state index in [-0.39, 0.29) is 17.3 Å². The Morgan fingerprint density at radius 2 is 1.56 bits per heavy atom. The van der Waals surface area contributed by atoms with Crippen LogP contribution in [0.25, 0.3) is 0 Å². The minimum absolute atomic E-state index is 0.177. The van der Waals surface area contributed by atoms with Gasteiger partial charge in [-0.25, -0.2) is 9.18 Å². The fourth-order valence-corrected chi connectivity index (χ4v) is 2.84. The number of aromatic carboxylic acids is 1. The van der Waals surface area contributed by atoms with Crippen molar-refractivity contribution in [2.75, 3.05) is 5.32 Å². The molecule has 0 aromatic heterocycles. The van der Waals surface area contributed by atoms with Gasteiger partial charge in [0.25, 0.3) is 0 Å². The van der Waals surface area contributed by atoms with Gasteiger partial charge in [0.2, 0.25) is 0 Å². The Hall–Kier alpha value is -3.14. The first-order valence-electron chi connectivity index (χ1n) is 8.02. The highest BCUT2D eigenvalue weighted by atomic mass is 19.1. The fraction of sp³-hybridized carbons (Fsp3) is 0.0952. The predicted octanol–water partition coefficient (Wildman–Crippen LogP) is 4.92. The maximum atomic E-state index is 14.0. The highest BCUT2D eigenvalue weighted by molar-refractivity contribution is 5.94. The number of carbonyl (C=O) groups is 1. The first kappa shape index (κ1) is 16.7. The van der Waals surface area contributed by atoms with Crippen molar-refractivity contribution < 1.29 is 14.3 Å². The number of nitrogens with one attached hydrogen (secondary N) is 1. The molecule has 0 amide bonds. The van der Waals surface area contributed by atoms with Gasteiger partial charge in [-0.3, -0.25) is 0 Å². The Kier molecular flexibility index (Phi) is 5.09. The number of rotatable bonds is 6. The third kappa shape index (κ3) is 4.04. The van der Waals surface area contributed by atoms with Gasteiger partial charge in [0.15, 0.2) is 0 Å². The molecule has 1 unspecified atom stereocenters. The van der Waals surface area contributed by atoms with Gasteiger partial charge < -0.3 is 10.4 Å². The number of halogens is 1. The maximum Gasteiger partial charge on any atom is 0.340 e. The molecule has 3 nitrogen and oxygen atoms in total. The molecule has 0 fully saturated rings. The maximum absolute atomic E-state index is 14.0. The summed E-state index contributed by atoms with van der Waals surface area (Å²) in [6.07, 6.45) is 0.653. The summed E-state index contributed by atoms with van der Waals surface area (Å²) in [7, 11) is 0. The molecule has 0 spiro atoms. The molecule has 0 heterocycles. The molecule has 0 aliphatic heterocycles. The molecule has 1 atom stereocenters. The third-order valence-electron chi connectivity index (χ3n) is 4.04. The molecule has 4 heteroatoms. The Labute approximate surface area is 145 Å². The fourth-order valence-electron chi connectivity index (χ4n) is 2.84. The lowest BCUT2D eigenvalue weighted by Crippen LogP contribution is -2.16. The van der Waals surface area contributed by atoms with Crippen molar-refractivity contribution in [3.8, 4) is 0 Å². The highest BCUT2D eigenvalue weighted by Gasteiger charge is 2.19. The predicted molar refractivity (Wildman–Crippen MR) is 96.3 cm³/mol. The number of anilines is 1. The number of hydrogen-bond donors (Lipinski definition) is 2. The lowest BCUT2D eigenvalue weighted by molar-refractivity contribution is 0.0693. The Balaban J connectivity index is 1.96. The van der Waals surface area contributed by atoms with Crippen LogP contribution in [-0.2, 0) is 6.42 Å². The van der Waals surface area contributed by atoms with E-state index in [4.69, 9.17) is 0 Å². The zero-order chi connectivity index (χ0) is 17.6. The molecule has 0 aliphatic carbocycles. The Morgan fingerprint density at radius 1 is 0.920 bits per heavy atom. The van der Waals surface area contributed by atoms with Crippen LogP contribution in [0.4, 0.5) is 10.1 Å². The van der Waals surface area contributed by atoms with Crippen molar-refractivity contribution in [3.05, 3.63) is 101 Å². The summed E-state index contributed by atoms with van der Waals surface area (Å²) < 4.78 is 14.0. The summed E-state index contributed by atoms with van der Waals surface area (Å²) in [4.78, 5) is 11.4. The van der Waals surface area contributed by atoms with Crippen LogP contribution in [0.1, 0.15) is 27.5 Å². The Bertz CT molecular complexity index is 850. The molecule has 0 radical (unpaired) electrons. The van der Waals surface area contributed by atoms with Gasteiger partial charge in [0, 0.05) is 0 Å². The molecular weight excluding hydrogens is 317 g/mol. The van der Waals surface area contributed by atoms with Gasteiger partial charge >= 0.3 is 5.97 Å². The molecule has 3 aromatic rings. The summed E-state index contributed by atoms with van der Waals surface area (Å²) in [5.41, 5.74) is 2.05. The molecule has 0 bridgehead atoms. The van der Waals surface area contributed by atoms with Crippen LogP contribution in [0.5, 0.6) is 0 Å². The molecule has 0 aliphatic rings. The van der Waals surface area contributed by atoms with Crippen LogP contribution in [0.3, 0.4) is 0 Å². The van der Waals surface area contributed by atoms with E-state index in [1.807, 2.05) is 60.7 Å². The van der Waals surface area contributed by atoms with E-state index in [0.29, 0.717) is 6.42 Å². The monoisotopic (exact) mass is 335 g/mol. The summed E-state index contributed by atoms with van der Waals surface area (Å²) in [5.74, 6) is -2.03. The van der Waals surface area contributed by atoms with Crippen molar-refractivity contribution in [1.82, 2.24) is 0 Å². The standard InChI is InChI=1S/C21H18FNO2/c22-17-12-7-13-18(20(17)21(24)25)23-19(16-10-5-2-6-11-16)14-15-8-3-1-4-9-15/h1-13,19,23H,14H2,(H,24,25). The number of benzene rings is 3. The van der Waals surface area contributed by atoms with Crippen LogP contribution < -0.4 is 5.32 Å². The van der Waals surface area contributed by atoms with Crippen LogP contribution >= 0.6 is 0 Å². The van der Waals surface area contributed by atoms with Gasteiger partial charge in [-0.1, -0.05) is 66.7 Å². The molecule has 126 valence electrons. The van der Waals surface area contributed by atoms with Gasteiger partial charge in [-0.2, -0.15) is 0 Å². The van der Waals surface area contributed by atoms with E-state index in [1.54, 1.807) is 6.07 Å². The minimum Gasteiger partial charge on any atom is -0.478 e. The highest BCUT2D eigenvalue weighted by Crippen LogP contribution is 2.27. The number of carboxylic acids is 1. The quantitative estimate of drug-likeness (QED) is 0.672. The SMILES string of the molecule is O=C(O)c1c(F)cccc1NC(Cc1ccccc1)c1ccccc1. The summed E-state index contributed by atoms with van der Waals surface area (Å²) in [6.45, 7) is 0. The molecule has 3 aromatic carbocycles. The molecule has 25 heavy (non-hydrogen) atoms. The molecular formula is C21H18FNO2. The smallest absolute Gasteiger partial charge is 0.340 e. The first-order chi connectivity index (χ1) is 12.1. The Morgan fingerprint density at radius 3 is 2.20 bits per heavy atom. The van der Waals surface area contributed by atoms with Crippen molar-refractivity contribution in [1.29, 1.82) is 0 Å². The average Bonchev–Trinajstić information content (AvgIpc) is 2.62. The van der Waals surface area contributed by atoms with E-state index in [2.05, 4.69) is 5.32 Å². The molecule has 0 saturated heterocycles. The van der Waals surface area contributed by atoms with Crippen LogP contribution in [-0.4, -0.2) is 11.1 Å². The van der Waals surface area contributed by atoms with Crippen molar-refractivity contribution in [3.63, 3.8) is 0 Å². The zero-order valence-corrected chi connectivity index (χ0v) is 13.5. The van der Waals surface area contributed by atoms with Crippen LogP contribution in [0.15, 0.2) is 78.9 Å². The van der Waals surface area contributed by atoms with Gasteiger partial charge in [0.05, 0.1) is 11.7 Å². The number of hydrogen-bond acceptors (Lipinski definition) is 2. The average molecular weight is 335 g/mol. The van der Waals surface area contributed by atoms with Gasteiger partial charge in [0.1, 0.15) is 11.4 Å². The van der Waals surface area contributed by atoms with Gasteiger partial charge in [-0.15, -0.1) is 0 Å². The second-order valence-electron chi connectivity index (χ2n) is 5.76.